The molecule has 2 N–H and O–H groups in total. The fraction of sp³-hybridized carbons (Fsp3) is 0.632. The largest absolute Gasteiger partial charge is 0.495 e. The molecule has 7 heteroatoms. The van der Waals surface area contributed by atoms with E-state index < -0.39 is 0 Å². The van der Waals surface area contributed by atoms with Gasteiger partial charge < -0.3 is 15.4 Å². The number of amides is 1. The third-order valence-corrected chi connectivity index (χ3v) is 5.46. The summed E-state index contributed by atoms with van der Waals surface area (Å²) in [5.74, 6) is 1.40. The summed E-state index contributed by atoms with van der Waals surface area (Å²) in [6.07, 6.45) is 4.41. The minimum atomic E-state index is 0. The zero-order valence-electron chi connectivity index (χ0n) is 15.3. The molecular formula is C19H29Cl2N3O2. The minimum absolute atomic E-state index is 0. The summed E-state index contributed by atoms with van der Waals surface area (Å²) < 4.78 is 5.21. The second-order valence-electron chi connectivity index (χ2n) is 7.11. The van der Waals surface area contributed by atoms with E-state index in [2.05, 4.69) is 21.6 Å². The van der Waals surface area contributed by atoms with Crippen molar-refractivity contribution >= 4 is 29.9 Å². The summed E-state index contributed by atoms with van der Waals surface area (Å²) in [6.45, 7) is 4.73. The molecule has 146 valence electrons. The second kappa shape index (κ2) is 10.4. The molecule has 2 fully saturated rings. The summed E-state index contributed by atoms with van der Waals surface area (Å²) in [4.78, 5) is 14.6. The number of rotatable bonds is 6. The van der Waals surface area contributed by atoms with Crippen molar-refractivity contribution in [1.82, 2.24) is 15.5 Å². The Hall–Kier alpha value is -1.01. The number of carbonyl (C=O) groups excluding carboxylic acids is 1. The first-order valence-corrected chi connectivity index (χ1v) is 9.59. The van der Waals surface area contributed by atoms with Crippen LogP contribution in [0.3, 0.4) is 0 Å². The van der Waals surface area contributed by atoms with Crippen LogP contribution in [-0.2, 0) is 11.3 Å². The number of piperidine rings is 1. The van der Waals surface area contributed by atoms with Gasteiger partial charge in [-0.2, -0.15) is 0 Å². The summed E-state index contributed by atoms with van der Waals surface area (Å²) in [5.41, 5.74) is 1.20. The average Bonchev–Trinajstić information content (AvgIpc) is 3.15. The Morgan fingerprint density at radius 1 is 1.38 bits per heavy atom. The van der Waals surface area contributed by atoms with Gasteiger partial charge in [0.2, 0.25) is 5.91 Å². The van der Waals surface area contributed by atoms with E-state index in [-0.39, 0.29) is 24.4 Å². The van der Waals surface area contributed by atoms with Crippen LogP contribution in [0.25, 0.3) is 0 Å². The third-order valence-electron chi connectivity index (χ3n) is 5.17. The van der Waals surface area contributed by atoms with Crippen LogP contribution in [0.1, 0.15) is 31.2 Å². The van der Waals surface area contributed by atoms with E-state index in [9.17, 15) is 4.79 Å². The number of ether oxygens (including phenoxy) is 1. The number of likely N-dealkylation sites (tertiary alicyclic amines) is 1. The van der Waals surface area contributed by atoms with Crippen LogP contribution in [0.4, 0.5) is 0 Å². The Kier molecular flexibility index (Phi) is 8.48. The lowest BCUT2D eigenvalue weighted by atomic mass is 9.97. The summed E-state index contributed by atoms with van der Waals surface area (Å²) >= 11 is 6.23. The fourth-order valence-corrected chi connectivity index (χ4v) is 4.08. The lowest BCUT2D eigenvalue weighted by Crippen LogP contribution is -2.45. The van der Waals surface area contributed by atoms with E-state index in [1.165, 1.54) is 18.4 Å². The molecule has 1 aromatic carbocycles. The van der Waals surface area contributed by atoms with Crippen LogP contribution in [0.5, 0.6) is 5.75 Å². The number of methoxy groups -OCH3 is 1. The molecule has 0 aliphatic carbocycles. The fourth-order valence-electron chi connectivity index (χ4n) is 3.80. The predicted molar refractivity (Wildman–Crippen MR) is 107 cm³/mol. The van der Waals surface area contributed by atoms with Crippen molar-refractivity contribution in [3.8, 4) is 5.75 Å². The molecule has 2 unspecified atom stereocenters. The normalized spacial score (nSPS) is 23.3. The lowest BCUT2D eigenvalue weighted by Gasteiger charge is -2.33. The molecule has 0 bridgehead atoms. The quantitative estimate of drug-likeness (QED) is 0.769. The first-order valence-electron chi connectivity index (χ1n) is 9.21. The highest BCUT2D eigenvalue weighted by atomic mass is 35.5. The molecule has 26 heavy (non-hydrogen) atoms. The van der Waals surface area contributed by atoms with E-state index in [0.29, 0.717) is 16.7 Å². The van der Waals surface area contributed by atoms with Crippen LogP contribution in [-0.4, -0.2) is 50.1 Å². The Morgan fingerprint density at radius 2 is 2.23 bits per heavy atom. The number of hydrogen-bond donors (Lipinski definition) is 2. The second-order valence-corrected chi connectivity index (χ2v) is 7.51. The van der Waals surface area contributed by atoms with Gasteiger partial charge in [0.15, 0.2) is 0 Å². The van der Waals surface area contributed by atoms with Crippen LogP contribution in [0.15, 0.2) is 18.2 Å². The van der Waals surface area contributed by atoms with Gasteiger partial charge in [-0.3, -0.25) is 9.69 Å². The van der Waals surface area contributed by atoms with Gasteiger partial charge in [-0.05, 0) is 62.4 Å². The van der Waals surface area contributed by atoms with E-state index in [1.54, 1.807) is 7.11 Å². The zero-order chi connectivity index (χ0) is 17.6. The number of carbonyl (C=O) groups is 1. The molecule has 0 saturated carbocycles. The maximum absolute atomic E-state index is 12.1. The molecule has 3 rings (SSSR count). The molecule has 0 radical (unpaired) electrons. The number of benzene rings is 1. The molecule has 2 aliphatic heterocycles. The van der Waals surface area contributed by atoms with E-state index in [4.69, 9.17) is 16.3 Å². The standard InChI is InChI=1S/C19H28ClN3O2.ClH/c1-25-18-7-6-14(10-16(18)20)12-23-9-3-4-15(13-23)11-22-19(24)17-5-2-8-21-17;/h6-7,10,15,17,21H,2-5,8-9,11-13H2,1H3,(H,22,24);1H. The van der Waals surface area contributed by atoms with Crippen molar-refractivity contribution in [3.63, 3.8) is 0 Å². The van der Waals surface area contributed by atoms with E-state index in [0.717, 1.165) is 45.6 Å². The van der Waals surface area contributed by atoms with Crippen molar-refractivity contribution in [2.45, 2.75) is 38.3 Å². The van der Waals surface area contributed by atoms with Gasteiger partial charge >= 0.3 is 0 Å². The molecule has 2 atom stereocenters. The van der Waals surface area contributed by atoms with Crippen LogP contribution in [0, 0.1) is 5.92 Å². The average molecular weight is 402 g/mol. The molecule has 2 aliphatic rings. The molecular weight excluding hydrogens is 373 g/mol. The van der Waals surface area contributed by atoms with Crippen LogP contribution in [0.2, 0.25) is 5.02 Å². The minimum Gasteiger partial charge on any atom is -0.495 e. The smallest absolute Gasteiger partial charge is 0.237 e. The van der Waals surface area contributed by atoms with Crippen LogP contribution < -0.4 is 15.4 Å². The molecule has 2 saturated heterocycles. The van der Waals surface area contributed by atoms with Crippen molar-refractivity contribution in [2.24, 2.45) is 5.92 Å². The van der Waals surface area contributed by atoms with Gasteiger partial charge in [-0.15, -0.1) is 12.4 Å². The zero-order valence-corrected chi connectivity index (χ0v) is 16.9. The van der Waals surface area contributed by atoms with E-state index in [1.807, 2.05) is 12.1 Å². The molecule has 5 nitrogen and oxygen atoms in total. The molecule has 0 spiro atoms. The van der Waals surface area contributed by atoms with Gasteiger partial charge in [0, 0.05) is 19.6 Å². The highest BCUT2D eigenvalue weighted by Crippen LogP contribution is 2.26. The molecule has 2 heterocycles. The van der Waals surface area contributed by atoms with E-state index >= 15 is 0 Å². The lowest BCUT2D eigenvalue weighted by molar-refractivity contribution is -0.123. The van der Waals surface area contributed by atoms with Crippen molar-refractivity contribution in [2.75, 3.05) is 33.3 Å². The Morgan fingerprint density at radius 3 is 2.92 bits per heavy atom. The third kappa shape index (κ3) is 5.74. The Labute approximate surface area is 167 Å². The highest BCUT2D eigenvalue weighted by molar-refractivity contribution is 6.32. The first-order chi connectivity index (χ1) is 12.2. The number of hydrogen-bond acceptors (Lipinski definition) is 4. The number of nitrogens with zero attached hydrogens (tertiary/aromatic N) is 1. The predicted octanol–water partition coefficient (Wildman–Crippen LogP) is 2.85. The Balaban J connectivity index is 0.00000243. The molecule has 1 aromatic rings. The maximum atomic E-state index is 12.1. The molecule has 0 aromatic heterocycles. The Bertz CT molecular complexity index is 594. The van der Waals surface area contributed by atoms with Gasteiger partial charge in [0.05, 0.1) is 18.2 Å². The van der Waals surface area contributed by atoms with Gasteiger partial charge in [-0.25, -0.2) is 0 Å². The topological polar surface area (TPSA) is 53.6 Å². The van der Waals surface area contributed by atoms with Crippen LogP contribution >= 0.6 is 24.0 Å². The SMILES string of the molecule is COc1ccc(CN2CCCC(CNC(=O)C3CCCN3)C2)cc1Cl.Cl. The number of halogens is 2. The van der Waals surface area contributed by atoms with Gasteiger partial charge in [0.1, 0.15) is 5.75 Å². The van der Waals surface area contributed by atoms with Gasteiger partial charge in [-0.1, -0.05) is 17.7 Å². The maximum Gasteiger partial charge on any atom is 0.237 e. The first kappa shape index (κ1) is 21.3. The number of nitrogens with one attached hydrogen (secondary N) is 2. The highest BCUT2D eigenvalue weighted by Gasteiger charge is 2.24. The molecule has 1 amide bonds. The van der Waals surface area contributed by atoms with Crippen molar-refractivity contribution in [1.29, 1.82) is 0 Å². The van der Waals surface area contributed by atoms with Gasteiger partial charge in [0.25, 0.3) is 0 Å². The summed E-state index contributed by atoms with van der Waals surface area (Å²) in [6, 6.07) is 5.99. The summed E-state index contributed by atoms with van der Waals surface area (Å²) in [7, 11) is 1.63. The van der Waals surface area contributed by atoms with Crippen molar-refractivity contribution < 1.29 is 9.53 Å². The summed E-state index contributed by atoms with van der Waals surface area (Å²) in [5, 5.41) is 7.05. The monoisotopic (exact) mass is 401 g/mol. The van der Waals surface area contributed by atoms with Crippen molar-refractivity contribution in [3.05, 3.63) is 28.8 Å².